The third-order valence-corrected chi connectivity index (χ3v) is 3.28. The molecule has 2 aromatic heterocycles. The topological polar surface area (TPSA) is 56.2 Å². The first-order valence-electron chi connectivity index (χ1n) is 5.63. The number of nitrogen functional groups attached to an aromatic ring is 1. The summed E-state index contributed by atoms with van der Waals surface area (Å²) < 4.78 is 14.8. The summed E-state index contributed by atoms with van der Waals surface area (Å²) in [4.78, 5) is 4.08. The van der Waals surface area contributed by atoms with Crippen molar-refractivity contribution in [2.45, 2.75) is 6.92 Å². The van der Waals surface area contributed by atoms with Gasteiger partial charge in [0, 0.05) is 11.3 Å². The molecule has 1 aromatic carbocycles. The van der Waals surface area contributed by atoms with Gasteiger partial charge < -0.3 is 5.73 Å². The van der Waals surface area contributed by atoms with Gasteiger partial charge in [-0.15, -0.1) is 5.10 Å². The highest BCUT2D eigenvalue weighted by molar-refractivity contribution is 6.31. The smallest absolute Gasteiger partial charge is 0.240 e. The lowest BCUT2D eigenvalue weighted by Crippen LogP contribution is -1.97. The number of nitrogens with zero attached hydrogens (tertiary/aromatic N) is 3. The van der Waals surface area contributed by atoms with Crippen molar-refractivity contribution in [3.05, 3.63) is 46.9 Å². The van der Waals surface area contributed by atoms with E-state index in [4.69, 9.17) is 17.3 Å². The number of aryl methyl sites for hydroxylation is 1. The Labute approximate surface area is 113 Å². The fraction of sp³-hybridized carbons (Fsp3) is 0.0769. The summed E-state index contributed by atoms with van der Waals surface area (Å²) in [6.45, 7) is 1.90. The van der Waals surface area contributed by atoms with Gasteiger partial charge in [0.15, 0.2) is 5.65 Å². The maximum atomic E-state index is 13.2. The second kappa shape index (κ2) is 4.20. The summed E-state index contributed by atoms with van der Waals surface area (Å²) in [7, 11) is 0. The van der Waals surface area contributed by atoms with Gasteiger partial charge >= 0.3 is 0 Å². The third-order valence-electron chi connectivity index (χ3n) is 2.99. The highest BCUT2D eigenvalue weighted by Crippen LogP contribution is 2.27. The van der Waals surface area contributed by atoms with Crippen LogP contribution in [0, 0.1) is 12.7 Å². The van der Waals surface area contributed by atoms with Gasteiger partial charge in [-0.05, 0) is 36.8 Å². The number of fused-ring (bicyclic) bond motifs is 1. The van der Waals surface area contributed by atoms with Gasteiger partial charge in [-0.1, -0.05) is 17.7 Å². The molecule has 0 aliphatic rings. The molecule has 0 saturated heterocycles. The molecule has 0 atom stereocenters. The van der Waals surface area contributed by atoms with Crippen molar-refractivity contribution in [1.82, 2.24) is 14.6 Å². The lowest BCUT2D eigenvalue weighted by atomic mass is 10.0. The van der Waals surface area contributed by atoms with E-state index in [-0.39, 0.29) is 11.0 Å². The lowest BCUT2D eigenvalue weighted by molar-refractivity contribution is 0.628. The van der Waals surface area contributed by atoms with Crippen LogP contribution >= 0.6 is 11.6 Å². The molecule has 4 nitrogen and oxygen atoms in total. The molecule has 0 radical (unpaired) electrons. The summed E-state index contributed by atoms with van der Waals surface area (Å²) in [6.07, 6.45) is 0. The van der Waals surface area contributed by atoms with Gasteiger partial charge in [0.2, 0.25) is 5.95 Å². The average Bonchev–Trinajstić information content (AvgIpc) is 2.75. The van der Waals surface area contributed by atoms with Crippen LogP contribution in [0.4, 0.5) is 10.3 Å². The molecule has 3 aromatic rings. The summed E-state index contributed by atoms with van der Waals surface area (Å²) in [5, 5.41) is 4.21. The molecule has 3 rings (SSSR count). The van der Waals surface area contributed by atoms with Gasteiger partial charge in [0.1, 0.15) is 5.82 Å². The van der Waals surface area contributed by atoms with E-state index in [2.05, 4.69) is 10.1 Å². The molecule has 0 spiro atoms. The first-order chi connectivity index (χ1) is 9.06. The van der Waals surface area contributed by atoms with Crippen LogP contribution in [0.5, 0.6) is 0 Å². The average molecular weight is 277 g/mol. The van der Waals surface area contributed by atoms with Gasteiger partial charge in [-0.2, -0.15) is 4.98 Å². The molecule has 0 aliphatic heterocycles. The van der Waals surface area contributed by atoms with Crippen molar-refractivity contribution < 1.29 is 4.39 Å². The van der Waals surface area contributed by atoms with Gasteiger partial charge in [-0.3, -0.25) is 0 Å². The maximum absolute atomic E-state index is 13.2. The van der Waals surface area contributed by atoms with Crippen LogP contribution in [0.15, 0.2) is 30.3 Å². The molecule has 2 heterocycles. The molecule has 0 amide bonds. The summed E-state index contributed by atoms with van der Waals surface area (Å²) in [6, 6.07) is 8.31. The van der Waals surface area contributed by atoms with E-state index in [1.165, 1.54) is 6.07 Å². The van der Waals surface area contributed by atoms with Crippen LogP contribution in [-0.2, 0) is 0 Å². The standard InChI is InChI=1S/C13H10ClFN4/c1-7-9(8-2-4-11(15)10(14)6-8)3-5-12-17-13(16)18-19(7)12/h2-6H,1H3,(H2,16,18). The Balaban J connectivity index is 2.24. The number of nitrogens with two attached hydrogens (primary N) is 1. The normalized spacial score (nSPS) is 11.1. The molecule has 2 N–H and O–H groups in total. The number of rotatable bonds is 1. The SMILES string of the molecule is Cc1c(-c2ccc(F)c(Cl)c2)ccc2nc(N)nn12. The molecule has 0 fully saturated rings. The molecule has 0 bridgehead atoms. The van der Waals surface area contributed by atoms with E-state index < -0.39 is 5.82 Å². The Morgan fingerprint density at radius 2 is 2.05 bits per heavy atom. The van der Waals surface area contributed by atoms with E-state index in [0.29, 0.717) is 5.65 Å². The lowest BCUT2D eigenvalue weighted by Gasteiger charge is -2.08. The van der Waals surface area contributed by atoms with E-state index in [1.54, 1.807) is 16.6 Å². The molecule has 96 valence electrons. The largest absolute Gasteiger partial charge is 0.366 e. The quantitative estimate of drug-likeness (QED) is 0.743. The van der Waals surface area contributed by atoms with Crippen LogP contribution in [0.3, 0.4) is 0 Å². The highest BCUT2D eigenvalue weighted by Gasteiger charge is 2.10. The molecule has 19 heavy (non-hydrogen) atoms. The second-order valence-electron chi connectivity index (χ2n) is 4.20. The zero-order valence-corrected chi connectivity index (χ0v) is 10.8. The highest BCUT2D eigenvalue weighted by atomic mass is 35.5. The molecule has 0 aliphatic carbocycles. The minimum absolute atomic E-state index is 0.0927. The van der Waals surface area contributed by atoms with E-state index in [0.717, 1.165) is 16.8 Å². The first kappa shape index (κ1) is 11.9. The van der Waals surface area contributed by atoms with Crippen molar-refractivity contribution in [2.24, 2.45) is 0 Å². The molecular weight excluding hydrogens is 267 g/mol. The minimum Gasteiger partial charge on any atom is -0.366 e. The minimum atomic E-state index is -0.436. The number of benzene rings is 1. The van der Waals surface area contributed by atoms with Crippen LogP contribution < -0.4 is 5.73 Å². The van der Waals surface area contributed by atoms with Gasteiger partial charge in [0.25, 0.3) is 0 Å². The van der Waals surface area contributed by atoms with Gasteiger partial charge in [-0.25, -0.2) is 8.91 Å². The van der Waals surface area contributed by atoms with E-state index >= 15 is 0 Å². The fourth-order valence-corrected chi connectivity index (χ4v) is 2.24. The zero-order valence-electron chi connectivity index (χ0n) is 10.1. The summed E-state index contributed by atoms with van der Waals surface area (Å²) >= 11 is 5.81. The Hall–Kier alpha value is -2.14. The zero-order chi connectivity index (χ0) is 13.6. The molecular formula is C13H10ClFN4. The van der Waals surface area contributed by atoms with Crippen molar-refractivity contribution in [3.8, 4) is 11.1 Å². The van der Waals surface area contributed by atoms with Gasteiger partial charge in [0.05, 0.1) is 5.02 Å². The number of hydrogen-bond acceptors (Lipinski definition) is 3. The first-order valence-corrected chi connectivity index (χ1v) is 6.01. The predicted octanol–water partition coefficient (Wildman–Crippen LogP) is 3.08. The fourth-order valence-electron chi connectivity index (χ4n) is 2.06. The molecule has 0 unspecified atom stereocenters. The number of aromatic nitrogens is 3. The van der Waals surface area contributed by atoms with Crippen LogP contribution in [0.1, 0.15) is 5.69 Å². The number of pyridine rings is 1. The summed E-state index contributed by atoms with van der Waals surface area (Å²) in [5.74, 6) is -0.216. The Bertz CT molecular complexity index is 782. The van der Waals surface area contributed by atoms with Crippen LogP contribution in [0.25, 0.3) is 16.8 Å². The van der Waals surface area contributed by atoms with E-state index in [1.807, 2.05) is 19.1 Å². The Morgan fingerprint density at radius 3 is 2.79 bits per heavy atom. The van der Waals surface area contributed by atoms with Crippen LogP contribution in [0.2, 0.25) is 5.02 Å². The van der Waals surface area contributed by atoms with E-state index in [9.17, 15) is 4.39 Å². The monoisotopic (exact) mass is 276 g/mol. The van der Waals surface area contributed by atoms with Crippen molar-refractivity contribution in [1.29, 1.82) is 0 Å². The van der Waals surface area contributed by atoms with Crippen LogP contribution in [-0.4, -0.2) is 14.6 Å². The number of anilines is 1. The summed E-state index contributed by atoms with van der Waals surface area (Å²) in [5.41, 5.74) is 8.84. The molecule has 6 heteroatoms. The predicted molar refractivity (Wildman–Crippen MR) is 72.5 cm³/mol. The Morgan fingerprint density at radius 1 is 1.26 bits per heavy atom. The van der Waals surface area contributed by atoms with Crippen molar-refractivity contribution in [2.75, 3.05) is 5.73 Å². The Kier molecular flexibility index (Phi) is 2.64. The number of hydrogen-bond donors (Lipinski definition) is 1. The van der Waals surface area contributed by atoms with Crippen molar-refractivity contribution in [3.63, 3.8) is 0 Å². The molecule has 0 saturated carbocycles. The number of halogens is 2. The van der Waals surface area contributed by atoms with Crippen molar-refractivity contribution >= 4 is 23.2 Å². The maximum Gasteiger partial charge on any atom is 0.240 e. The third kappa shape index (κ3) is 1.92. The second-order valence-corrected chi connectivity index (χ2v) is 4.61.